The lowest BCUT2D eigenvalue weighted by Gasteiger charge is -2.23. The van der Waals surface area contributed by atoms with Crippen LogP contribution in [-0.4, -0.2) is 16.1 Å². The molecule has 0 bridgehead atoms. The number of hydrogen-bond acceptors (Lipinski definition) is 0. The third kappa shape index (κ3) is 6.08. The largest absolute Gasteiger partial charge is 0.0784 e. The van der Waals surface area contributed by atoms with Crippen LogP contribution in [0.5, 0.6) is 0 Å². The lowest BCUT2D eigenvalue weighted by atomic mass is 9.83. The Kier molecular flexibility index (Phi) is 8.98. The fourth-order valence-corrected chi connectivity index (χ4v) is 13.8. The highest BCUT2D eigenvalue weighted by atomic mass is 28.3. The normalized spacial score (nSPS) is 12.4. The zero-order valence-corrected chi connectivity index (χ0v) is 38.5. The fourth-order valence-electron chi connectivity index (χ4n) is 10.6. The van der Waals surface area contributed by atoms with Crippen molar-refractivity contribution in [2.75, 3.05) is 0 Å². The van der Waals surface area contributed by atoms with Crippen molar-refractivity contribution in [2.24, 2.45) is 0 Å². The van der Waals surface area contributed by atoms with E-state index < -0.39 is 16.1 Å². The van der Waals surface area contributed by atoms with E-state index in [0.29, 0.717) is 0 Å². The quantitative estimate of drug-likeness (QED) is 0.116. The molecular weight excluding hydrogens is 777 g/mol. The minimum absolute atomic E-state index is 1.23. The minimum atomic E-state index is -1.58. The van der Waals surface area contributed by atoms with E-state index in [4.69, 9.17) is 0 Å². The van der Waals surface area contributed by atoms with Gasteiger partial charge in [-0.25, -0.2) is 0 Å². The summed E-state index contributed by atoms with van der Waals surface area (Å²) in [5.41, 5.74) is 10.3. The van der Waals surface area contributed by atoms with Gasteiger partial charge in [0, 0.05) is 0 Å². The number of rotatable bonds is 6. The number of benzene rings is 11. The molecular formula is C60H50Si2. The van der Waals surface area contributed by atoms with Gasteiger partial charge in [0.2, 0.25) is 0 Å². The monoisotopic (exact) mass is 826 g/mol. The molecule has 0 aromatic heterocycles. The van der Waals surface area contributed by atoms with Gasteiger partial charge >= 0.3 is 0 Å². The Morgan fingerprint density at radius 3 is 0.694 bits per heavy atom. The maximum atomic E-state index is 2.45. The Hall–Kier alpha value is -6.59. The first-order chi connectivity index (χ1) is 30.1. The molecule has 0 fully saturated rings. The first kappa shape index (κ1) is 38.3. The van der Waals surface area contributed by atoms with Crippen LogP contribution in [0.15, 0.2) is 194 Å². The van der Waals surface area contributed by atoms with Crippen LogP contribution in [-0.2, 0) is 0 Å². The zero-order chi connectivity index (χ0) is 42.3. The zero-order valence-electron chi connectivity index (χ0n) is 36.5. The molecule has 0 heterocycles. The SMILES string of the molecule is C[Si](C)(C)c1ccc(-c2c3ccccc3c(-c3ccc(-c4c5ccccc5c(-c5ccc([Si](C)(C)C)c6ccccc56)c5ccccc45)cc3)c3ccccc23)c2ccccc12. The molecule has 0 nitrogen and oxygen atoms in total. The highest BCUT2D eigenvalue weighted by Gasteiger charge is 2.25. The molecule has 298 valence electrons. The van der Waals surface area contributed by atoms with Gasteiger partial charge in [-0.15, -0.1) is 0 Å². The van der Waals surface area contributed by atoms with E-state index in [0.717, 1.165) is 0 Å². The highest BCUT2D eigenvalue weighted by molar-refractivity contribution is 6.91. The standard InChI is InChI=1S/C60H50Si2/c1-61(2,3)55-37-35-53(41-19-7-9-21-43(41)55)59-49-27-15-11-23-45(49)57(46-24-12-16-28-50(46)59)39-31-33-40(34-32-39)58-47-25-13-17-29-51(47)60(52-30-18-14-26-48(52)58)54-36-38-56(62(4,5)6)44-22-10-8-20-42(44)54/h7-38H,1-6H3. The van der Waals surface area contributed by atoms with Crippen molar-refractivity contribution in [3.8, 4) is 44.5 Å². The van der Waals surface area contributed by atoms with Crippen molar-refractivity contribution in [1.82, 2.24) is 0 Å². The summed E-state index contributed by atoms with van der Waals surface area (Å²) in [7, 11) is -3.15. The molecule has 0 atom stereocenters. The molecule has 0 N–H and O–H groups in total. The Balaban J connectivity index is 1.12. The molecule has 0 saturated carbocycles. The topological polar surface area (TPSA) is 0 Å². The molecule has 0 saturated heterocycles. The molecule has 0 aliphatic rings. The Morgan fingerprint density at radius 1 is 0.210 bits per heavy atom. The lowest BCUT2D eigenvalue weighted by molar-refractivity contribution is 1.64. The van der Waals surface area contributed by atoms with E-state index >= 15 is 0 Å². The van der Waals surface area contributed by atoms with Gasteiger partial charge in [-0.3, -0.25) is 0 Å². The average molecular weight is 827 g/mol. The molecule has 0 aliphatic carbocycles. The first-order valence-corrected chi connectivity index (χ1v) is 29.1. The van der Waals surface area contributed by atoms with E-state index in [-0.39, 0.29) is 0 Å². The molecule has 11 aromatic rings. The second-order valence-corrected chi connectivity index (χ2v) is 29.2. The summed E-state index contributed by atoms with van der Waals surface area (Å²) in [6.07, 6.45) is 0. The van der Waals surface area contributed by atoms with E-state index in [1.54, 1.807) is 0 Å². The van der Waals surface area contributed by atoms with Crippen LogP contribution >= 0.6 is 0 Å². The number of hydrogen-bond donors (Lipinski definition) is 0. The smallest absolute Gasteiger partial charge is 0.0656 e. The number of fused-ring (bicyclic) bond motifs is 6. The van der Waals surface area contributed by atoms with Gasteiger partial charge in [0.1, 0.15) is 0 Å². The van der Waals surface area contributed by atoms with Crippen molar-refractivity contribution < 1.29 is 0 Å². The molecule has 2 heteroatoms. The van der Waals surface area contributed by atoms with Gasteiger partial charge in [0.25, 0.3) is 0 Å². The van der Waals surface area contributed by atoms with Gasteiger partial charge in [0.05, 0.1) is 16.1 Å². The highest BCUT2D eigenvalue weighted by Crippen LogP contribution is 2.48. The van der Waals surface area contributed by atoms with Gasteiger partial charge in [0.15, 0.2) is 0 Å². The second-order valence-electron chi connectivity index (χ2n) is 19.2. The summed E-state index contributed by atoms with van der Waals surface area (Å²) < 4.78 is 0. The van der Waals surface area contributed by atoms with Crippen molar-refractivity contribution in [3.05, 3.63) is 194 Å². The van der Waals surface area contributed by atoms with Crippen LogP contribution in [0.3, 0.4) is 0 Å². The van der Waals surface area contributed by atoms with Crippen molar-refractivity contribution in [3.63, 3.8) is 0 Å². The summed E-state index contributed by atoms with van der Waals surface area (Å²) in [6, 6.07) is 73.5. The molecule has 0 spiro atoms. The molecule has 62 heavy (non-hydrogen) atoms. The molecule has 0 unspecified atom stereocenters. The first-order valence-electron chi connectivity index (χ1n) is 22.1. The van der Waals surface area contributed by atoms with Gasteiger partial charge < -0.3 is 0 Å². The van der Waals surface area contributed by atoms with E-state index in [1.807, 2.05) is 0 Å². The van der Waals surface area contributed by atoms with Gasteiger partial charge in [-0.05, 0) is 109 Å². The predicted molar refractivity (Wildman–Crippen MR) is 279 cm³/mol. The summed E-state index contributed by atoms with van der Waals surface area (Å²) in [4.78, 5) is 0. The van der Waals surface area contributed by atoms with Crippen LogP contribution in [0.2, 0.25) is 39.3 Å². The van der Waals surface area contributed by atoms with Gasteiger partial charge in [-0.2, -0.15) is 0 Å². The lowest BCUT2D eigenvalue weighted by Crippen LogP contribution is -2.38. The summed E-state index contributed by atoms with van der Waals surface area (Å²) >= 11 is 0. The van der Waals surface area contributed by atoms with Crippen LogP contribution in [0.4, 0.5) is 0 Å². The minimum Gasteiger partial charge on any atom is -0.0656 e. The Bertz CT molecular complexity index is 3230. The third-order valence-electron chi connectivity index (χ3n) is 13.3. The summed E-state index contributed by atoms with van der Waals surface area (Å²) in [5, 5.41) is 18.7. The summed E-state index contributed by atoms with van der Waals surface area (Å²) in [5.74, 6) is 0. The van der Waals surface area contributed by atoms with E-state index in [1.165, 1.54) is 120 Å². The van der Waals surface area contributed by atoms with E-state index in [9.17, 15) is 0 Å². The Morgan fingerprint density at radius 2 is 0.435 bits per heavy atom. The molecule has 11 aromatic carbocycles. The summed E-state index contributed by atoms with van der Waals surface area (Å²) in [6.45, 7) is 14.7. The maximum absolute atomic E-state index is 2.45. The van der Waals surface area contributed by atoms with Crippen molar-refractivity contribution in [2.45, 2.75) is 39.3 Å². The second kappa shape index (κ2) is 14.5. The molecule has 0 amide bonds. The molecule has 11 rings (SSSR count). The predicted octanol–water partition coefficient (Wildman–Crippen LogP) is 16.4. The van der Waals surface area contributed by atoms with Crippen molar-refractivity contribution in [1.29, 1.82) is 0 Å². The average Bonchev–Trinajstić information content (AvgIpc) is 3.29. The Labute approximate surface area is 367 Å². The van der Waals surface area contributed by atoms with Crippen LogP contribution in [0.25, 0.3) is 109 Å². The maximum Gasteiger partial charge on any atom is 0.0784 e. The molecule has 0 radical (unpaired) electrons. The van der Waals surface area contributed by atoms with Crippen LogP contribution in [0, 0.1) is 0 Å². The van der Waals surface area contributed by atoms with Crippen molar-refractivity contribution >= 4 is 91.2 Å². The third-order valence-corrected chi connectivity index (χ3v) is 17.4. The fraction of sp³-hybridized carbons (Fsp3) is 0.100. The van der Waals surface area contributed by atoms with Crippen LogP contribution < -0.4 is 10.4 Å². The van der Waals surface area contributed by atoms with Crippen LogP contribution in [0.1, 0.15) is 0 Å². The molecule has 0 aliphatic heterocycles. The van der Waals surface area contributed by atoms with Gasteiger partial charge in [-0.1, -0.05) is 244 Å². The van der Waals surface area contributed by atoms with E-state index in [2.05, 4.69) is 233 Å².